The predicted molar refractivity (Wildman–Crippen MR) is 192 cm³/mol. The summed E-state index contributed by atoms with van der Waals surface area (Å²) in [5.41, 5.74) is 6.49. The van der Waals surface area contributed by atoms with E-state index in [1.807, 2.05) is 103 Å². The van der Waals surface area contributed by atoms with Crippen LogP contribution in [0.3, 0.4) is 0 Å². The molecule has 1 aromatic heterocycles. The topological polar surface area (TPSA) is 150 Å². The Morgan fingerprint density at radius 1 is 0.882 bits per heavy atom. The first kappa shape index (κ1) is 35.7. The Labute approximate surface area is 300 Å². The quantitative estimate of drug-likeness (QED) is 0.102. The van der Waals surface area contributed by atoms with E-state index in [0.29, 0.717) is 17.5 Å². The average Bonchev–Trinajstić information content (AvgIpc) is 3.65. The lowest BCUT2D eigenvalue weighted by molar-refractivity contribution is -0.268. The van der Waals surface area contributed by atoms with Crippen LogP contribution in [0.2, 0.25) is 0 Å². The largest absolute Gasteiger partial charge is 0.465 e. The highest BCUT2D eigenvalue weighted by Crippen LogP contribution is 2.43. The molecule has 0 spiro atoms. The Kier molecular flexibility index (Phi) is 12.1. The molecule has 1 aliphatic heterocycles. The minimum Gasteiger partial charge on any atom is -0.465 e. The molecule has 2 amide bonds. The van der Waals surface area contributed by atoms with Crippen LogP contribution in [0.15, 0.2) is 108 Å². The third kappa shape index (κ3) is 9.18. The van der Waals surface area contributed by atoms with E-state index in [1.54, 1.807) is 11.6 Å². The van der Waals surface area contributed by atoms with Gasteiger partial charge in [-0.25, -0.2) is 4.79 Å². The first-order valence-corrected chi connectivity index (χ1v) is 17.7. The zero-order valence-corrected chi connectivity index (χ0v) is 29.2. The van der Waals surface area contributed by atoms with E-state index < -0.39 is 18.3 Å². The number of rotatable bonds is 13. The highest BCUT2D eigenvalue weighted by atomic mass is 32.2. The second-order valence-corrected chi connectivity index (χ2v) is 13.0. The molecule has 4 atom stereocenters. The summed E-state index contributed by atoms with van der Waals surface area (Å²) in [6, 6.07) is 33.1. The van der Waals surface area contributed by atoms with Gasteiger partial charge in [0.15, 0.2) is 6.29 Å². The number of thioether (sulfide) groups is 1. The van der Waals surface area contributed by atoms with Gasteiger partial charge in [0.1, 0.15) is 6.54 Å². The molecule has 1 fully saturated rings. The van der Waals surface area contributed by atoms with Crippen LogP contribution in [-0.2, 0) is 32.2 Å². The number of urea groups is 1. The van der Waals surface area contributed by atoms with Gasteiger partial charge in [0.2, 0.25) is 5.16 Å². The van der Waals surface area contributed by atoms with Crippen molar-refractivity contribution in [3.63, 3.8) is 0 Å². The summed E-state index contributed by atoms with van der Waals surface area (Å²) in [6.45, 7) is 4.17. The van der Waals surface area contributed by atoms with Crippen molar-refractivity contribution in [3.05, 3.63) is 125 Å². The summed E-state index contributed by atoms with van der Waals surface area (Å²) in [5, 5.41) is 27.9. The summed E-state index contributed by atoms with van der Waals surface area (Å²) in [7, 11) is 0. The molecule has 0 unspecified atom stereocenters. The monoisotopic (exact) mass is 708 g/mol. The summed E-state index contributed by atoms with van der Waals surface area (Å²) >= 11 is 1.53. The third-order valence-electron chi connectivity index (χ3n) is 8.54. The van der Waals surface area contributed by atoms with E-state index in [4.69, 9.17) is 14.2 Å². The summed E-state index contributed by atoms with van der Waals surface area (Å²) in [4.78, 5) is 23.7. The SMILES string of the molecule is CCOC(=O)CNC(=O)NCc1cccc(-c2ccc([C@@H]3O[C@H](CSc4nnnn4-c4ccccc4)[C@H](C)[C@H](c4ccc(CO)cc4)O3)cc2)c1. The number of nitrogens with zero attached hydrogens (tertiary/aromatic N) is 4. The first-order chi connectivity index (χ1) is 24.9. The van der Waals surface area contributed by atoms with E-state index in [-0.39, 0.29) is 37.9 Å². The molecule has 1 aliphatic rings. The van der Waals surface area contributed by atoms with Crippen molar-refractivity contribution >= 4 is 23.8 Å². The smallest absolute Gasteiger partial charge is 0.325 e. The van der Waals surface area contributed by atoms with Gasteiger partial charge in [0.25, 0.3) is 0 Å². The molecular formula is C38H40N6O6S. The van der Waals surface area contributed by atoms with Crippen molar-refractivity contribution in [2.45, 2.75) is 50.7 Å². The standard InChI is InChI=1S/C38H40N6O6S/c1-3-48-34(46)22-40-37(47)39-21-27-8-7-9-31(20-27)28-16-18-30(19-17-28)36-49-33(25(2)35(50-36)29-14-12-26(23-45)13-15-29)24-51-38-41-42-43-44(38)32-10-5-4-6-11-32/h4-20,25,33,35-36,45H,3,21-24H2,1-2H3,(H2,39,40,47)/t25-,33+,35+,36+/m0/s1. The highest BCUT2D eigenvalue weighted by Gasteiger charge is 2.38. The minimum atomic E-state index is -0.628. The molecule has 3 N–H and O–H groups in total. The molecule has 4 aromatic carbocycles. The Balaban J connectivity index is 1.16. The molecule has 0 saturated carbocycles. The van der Waals surface area contributed by atoms with Crippen LogP contribution in [0.5, 0.6) is 0 Å². The second kappa shape index (κ2) is 17.2. The third-order valence-corrected chi connectivity index (χ3v) is 9.54. The van der Waals surface area contributed by atoms with Crippen LogP contribution in [-0.4, -0.2) is 62.3 Å². The lowest BCUT2D eigenvalue weighted by Crippen LogP contribution is -2.38. The lowest BCUT2D eigenvalue weighted by atomic mass is 9.91. The van der Waals surface area contributed by atoms with Gasteiger partial charge in [-0.1, -0.05) is 104 Å². The van der Waals surface area contributed by atoms with Gasteiger partial charge >= 0.3 is 12.0 Å². The number of esters is 1. The van der Waals surface area contributed by atoms with Gasteiger partial charge in [0.05, 0.1) is 31.1 Å². The molecule has 13 heteroatoms. The van der Waals surface area contributed by atoms with Gasteiger partial charge in [0, 0.05) is 23.8 Å². The Hall–Kier alpha value is -5.08. The number of carbonyl (C=O) groups excluding carboxylic acids is 2. The summed E-state index contributed by atoms with van der Waals surface area (Å²) in [5.74, 6) is 0.108. The van der Waals surface area contributed by atoms with Crippen LogP contribution in [0, 0.1) is 5.92 Å². The lowest BCUT2D eigenvalue weighted by Gasteiger charge is -2.41. The number of aromatic nitrogens is 4. The molecule has 264 valence electrons. The zero-order valence-electron chi connectivity index (χ0n) is 28.3. The molecule has 0 aliphatic carbocycles. The number of aliphatic hydroxyl groups is 1. The van der Waals surface area contributed by atoms with Gasteiger partial charge in [-0.2, -0.15) is 4.68 Å². The maximum absolute atomic E-state index is 12.2. The van der Waals surface area contributed by atoms with Crippen LogP contribution in [0.1, 0.15) is 48.5 Å². The van der Waals surface area contributed by atoms with Crippen molar-refractivity contribution < 1.29 is 28.9 Å². The molecular weight excluding hydrogens is 669 g/mol. The number of carbonyl (C=O) groups is 2. The molecule has 5 aromatic rings. The van der Waals surface area contributed by atoms with Crippen molar-refractivity contribution in [1.82, 2.24) is 30.8 Å². The fraction of sp³-hybridized carbons (Fsp3) is 0.289. The van der Waals surface area contributed by atoms with E-state index in [1.165, 1.54) is 11.8 Å². The molecule has 12 nitrogen and oxygen atoms in total. The number of amides is 2. The Morgan fingerprint density at radius 2 is 1.65 bits per heavy atom. The Morgan fingerprint density at radius 3 is 2.39 bits per heavy atom. The van der Waals surface area contributed by atoms with E-state index in [0.717, 1.165) is 39.1 Å². The molecule has 2 heterocycles. The Bertz CT molecular complexity index is 1890. The van der Waals surface area contributed by atoms with Crippen LogP contribution >= 0.6 is 11.8 Å². The number of aliphatic hydroxyl groups excluding tert-OH is 1. The van der Waals surface area contributed by atoms with Gasteiger partial charge in [-0.15, -0.1) is 5.10 Å². The molecule has 0 radical (unpaired) electrons. The fourth-order valence-electron chi connectivity index (χ4n) is 5.77. The number of para-hydroxylation sites is 1. The normalized spacial score (nSPS) is 18.6. The van der Waals surface area contributed by atoms with E-state index in [9.17, 15) is 14.7 Å². The van der Waals surface area contributed by atoms with Crippen LogP contribution < -0.4 is 10.6 Å². The number of nitrogens with one attached hydrogen (secondary N) is 2. The van der Waals surface area contributed by atoms with Crippen molar-refractivity contribution in [1.29, 1.82) is 0 Å². The molecule has 0 bridgehead atoms. The number of tetrazole rings is 1. The van der Waals surface area contributed by atoms with E-state index in [2.05, 4.69) is 33.1 Å². The van der Waals surface area contributed by atoms with Crippen LogP contribution in [0.4, 0.5) is 4.79 Å². The van der Waals surface area contributed by atoms with E-state index >= 15 is 0 Å². The average molecular weight is 709 g/mol. The maximum Gasteiger partial charge on any atom is 0.325 e. The fourth-order valence-corrected chi connectivity index (χ4v) is 6.82. The maximum atomic E-state index is 12.2. The van der Waals surface area contributed by atoms with Gasteiger partial charge in [-0.3, -0.25) is 4.79 Å². The first-order valence-electron chi connectivity index (χ1n) is 16.8. The number of benzene rings is 4. The molecule has 6 rings (SSSR count). The van der Waals surface area contributed by atoms with Gasteiger partial charge < -0.3 is 30.0 Å². The van der Waals surface area contributed by atoms with Gasteiger partial charge in [-0.05, 0) is 63.4 Å². The summed E-state index contributed by atoms with van der Waals surface area (Å²) in [6.07, 6.45) is -1.08. The van der Waals surface area contributed by atoms with Crippen molar-refractivity contribution in [2.24, 2.45) is 5.92 Å². The zero-order chi connectivity index (χ0) is 35.6. The minimum absolute atomic E-state index is 0.00218. The molecule has 51 heavy (non-hydrogen) atoms. The highest BCUT2D eigenvalue weighted by molar-refractivity contribution is 7.99. The number of ether oxygens (including phenoxy) is 3. The molecule has 1 saturated heterocycles. The summed E-state index contributed by atoms with van der Waals surface area (Å²) < 4.78 is 19.9. The van der Waals surface area contributed by atoms with Crippen LogP contribution in [0.25, 0.3) is 16.8 Å². The second-order valence-electron chi connectivity index (χ2n) is 12.0. The number of hydrogen-bond acceptors (Lipinski definition) is 10. The van der Waals surface area contributed by atoms with Crippen molar-refractivity contribution in [3.8, 4) is 16.8 Å². The predicted octanol–water partition coefficient (Wildman–Crippen LogP) is 5.77. The number of hydrogen-bond donors (Lipinski definition) is 3. The van der Waals surface area contributed by atoms with Crippen molar-refractivity contribution in [2.75, 3.05) is 18.9 Å².